The number of nitrogen functional groups attached to an aromatic ring is 1. The summed E-state index contributed by atoms with van der Waals surface area (Å²) in [5.74, 6) is 1.03. The first-order valence-electron chi connectivity index (χ1n) is 44.3. The smallest absolute Gasteiger partial charge is 0.416 e. The van der Waals surface area contributed by atoms with Gasteiger partial charge in [-0.1, -0.05) is 48.5 Å². The molecule has 0 bridgehead atoms. The minimum atomic E-state index is -4.50. The van der Waals surface area contributed by atoms with Crippen LogP contribution in [0.5, 0.6) is 17.2 Å². The van der Waals surface area contributed by atoms with E-state index in [0.29, 0.717) is 169 Å². The first-order valence-corrected chi connectivity index (χ1v) is 45.5. The van der Waals surface area contributed by atoms with Crippen LogP contribution in [0.3, 0.4) is 0 Å². The third kappa shape index (κ3) is 34.4. The topological polar surface area (TPSA) is 362 Å². The number of benzene rings is 7. The first-order chi connectivity index (χ1) is 65.5. The average molecular weight is 1930 g/mol. The number of esters is 1. The van der Waals surface area contributed by atoms with E-state index in [4.69, 9.17) is 53.5 Å². The molecule has 5 fully saturated rings. The number of nitrogens with zero attached hydrogens (tertiary/aromatic N) is 4. The Bertz CT molecular complexity index is 5720. The van der Waals surface area contributed by atoms with Crippen LogP contribution in [0.25, 0.3) is 33.8 Å². The van der Waals surface area contributed by atoms with Crippen LogP contribution in [0.4, 0.5) is 56.6 Å². The highest BCUT2D eigenvalue weighted by Crippen LogP contribution is 2.39. The number of hydrogen-bond donors (Lipinski definition) is 6. The fourth-order valence-corrected chi connectivity index (χ4v) is 15.1. The van der Waals surface area contributed by atoms with Crippen LogP contribution in [0.15, 0.2) is 207 Å². The van der Waals surface area contributed by atoms with Gasteiger partial charge >= 0.3 is 24.5 Å². The number of carbonyl (C=O) groups excluding carboxylic acids is 6. The van der Waals surface area contributed by atoms with E-state index >= 15 is 0 Å². The number of aliphatic hydroxyl groups excluding tert-OH is 1. The van der Waals surface area contributed by atoms with Crippen molar-refractivity contribution in [3.05, 3.63) is 278 Å². The highest BCUT2D eigenvalue weighted by molar-refractivity contribution is 7.98. The van der Waals surface area contributed by atoms with Gasteiger partial charge in [-0.2, -0.15) is 51.3 Å². The van der Waals surface area contributed by atoms with Gasteiger partial charge in [-0.15, -0.1) is 0 Å². The van der Waals surface area contributed by atoms with Gasteiger partial charge in [0.25, 0.3) is 29.3 Å². The number of alkyl halides is 9. The molecule has 0 spiro atoms. The number of amides is 4. The standard InChI is InChI=1S/C40H42F3N3O6S.C25H22F3N3O5.C25H24F3N3O3.C5H10O2.C5H8O2/c1-39(2,3)52-36(47)15-19-53-25-27-7-4-8-28(20-27)38(49)46-34-11-10-32(51-31-13-17-50-18-14-31)23-33(34)35-22-29(12-16-44-35)37(48)45-24-26-6-5-9-30(21-26)40(41,42)43;26-25(27,28)18-3-1-2-16(12-18)15-30-24(32)17-6-9-29-22(13-17)21-14-20(4-5-23(21)31(33)34)36-19-7-10-35-11-8-19;26-25(27,28)18-3-1-2-16(12-18)15-31-24(32)17-6-9-30-23(13-17)21-14-20(4-5-22(21)29)34-19-7-10-33-11-8-19;2*6-5-1-3-7-4-2-5/h4-12,16,20-23,31H,13-15,17-19,24-25H2,1-3H3,(H,45,48)(H,46,49);1-6,9,12-14,19H,7-8,10-11,15H2,(H,30,32);1-6,9,12-14,19H,7-8,10-11,15,29H2,(H,31,32);5-6H,1-4H2;1-4H2. The molecule has 0 unspecified atom stereocenters. The third-order valence-electron chi connectivity index (χ3n) is 21.4. The van der Waals surface area contributed by atoms with Gasteiger partial charge in [-0.05, 0) is 189 Å². The van der Waals surface area contributed by atoms with Crippen LogP contribution >= 0.6 is 11.8 Å². The van der Waals surface area contributed by atoms with Crippen LogP contribution in [-0.2, 0) is 81.9 Å². The van der Waals surface area contributed by atoms with Crippen LogP contribution in [0, 0.1) is 10.1 Å². The molecule has 0 saturated carbocycles. The minimum Gasteiger partial charge on any atom is -0.490 e. The molecule has 10 aromatic rings. The maximum Gasteiger partial charge on any atom is 0.416 e. The Kier molecular flexibility index (Phi) is 38.8. The number of Topliss-reactive ketones (excluding diaryl/α,β-unsaturated/α-hetero) is 1. The lowest BCUT2D eigenvalue weighted by Crippen LogP contribution is -2.25. The van der Waals surface area contributed by atoms with Gasteiger partial charge in [0, 0.05) is 159 Å². The van der Waals surface area contributed by atoms with Gasteiger partial charge in [0.1, 0.15) is 46.9 Å². The highest BCUT2D eigenvalue weighted by atomic mass is 32.2. The predicted octanol–water partition coefficient (Wildman–Crippen LogP) is 19.0. The minimum absolute atomic E-state index is 0.0447. The van der Waals surface area contributed by atoms with Crippen molar-refractivity contribution >= 4 is 64.2 Å². The fraction of sp³-hybridized carbons (Fsp3) is 0.370. The molecule has 3 aromatic heterocycles. The molecule has 7 N–H and O–H groups in total. The van der Waals surface area contributed by atoms with Gasteiger partial charge in [-0.3, -0.25) is 53.8 Å². The van der Waals surface area contributed by atoms with Gasteiger partial charge in [-0.25, -0.2) is 0 Å². The van der Waals surface area contributed by atoms with Crippen molar-refractivity contribution < 1.29 is 121 Å². The number of nitro benzene ring substituents is 1. The third-order valence-corrected chi connectivity index (χ3v) is 22.5. The van der Waals surface area contributed by atoms with Crippen molar-refractivity contribution in [3.63, 3.8) is 0 Å². The van der Waals surface area contributed by atoms with E-state index in [-0.39, 0.29) is 96.0 Å². The number of pyridine rings is 3. The fourth-order valence-electron chi connectivity index (χ4n) is 14.3. The number of ether oxygens (including phenoxy) is 9. The normalized spacial score (nSPS) is 15.1. The molecule has 8 heterocycles. The zero-order valence-corrected chi connectivity index (χ0v) is 76.2. The molecule has 5 aliphatic heterocycles. The number of nitrogens with one attached hydrogen (secondary N) is 4. The van der Waals surface area contributed by atoms with Crippen molar-refractivity contribution in [2.24, 2.45) is 0 Å². The Labute approximate surface area is 789 Å². The lowest BCUT2D eigenvalue weighted by molar-refractivity contribution is -0.384. The number of nitrogens with two attached hydrogens (primary N) is 1. The molecule has 7 aromatic carbocycles. The van der Waals surface area contributed by atoms with Crippen molar-refractivity contribution in [1.82, 2.24) is 30.9 Å². The van der Waals surface area contributed by atoms with Crippen LogP contribution in [-0.4, -0.2) is 162 Å². The van der Waals surface area contributed by atoms with Crippen LogP contribution in [0.2, 0.25) is 0 Å². The maximum atomic E-state index is 13.6. The molecule has 0 radical (unpaired) electrons. The number of ketones is 1. The predicted molar refractivity (Wildman–Crippen MR) is 493 cm³/mol. The number of aromatic nitrogens is 3. The summed E-state index contributed by atoms with van der Waals surface area (Å²) in [7, 11) is 0. The summed E-state index contributed by atoms with van der Waals surface area (Å²) in [4.78, 5) is 98.7. The Morgan fingerprint density at radius 3 is 1.23 bits per heavy atom. The van der Waals surface area contributed by atoms with Crippen LogP contribution in [0.1, 0.15) is 172 Å². The largest absolute Gasteiger partial charge is 0.490 e. The molecule has 4 amide bonds. The Morgan fingerprint density at radius 2 is 0.825 bits per heavy atom. The molecule has 0 aliphatic carbocycles. The van der Waals surface area contributed by atoms with Gasteiger partial charge < -0.3 is 74.7 Å². The molecular formula is C100H106F9N9O18S. The second-order valence-corrected chi connectivity index (χ2v) is 34.3. The second kappa shape index (κ2) is 50.8. The van der Waals surface area contributed by atoms with Crippen LogP contribution < -0.4 is 41.2 Å². The summed E-state index contributed by atoms with van der Waals surface area (Å²) in [6, 6.07) is 45.4. The van der Waals surface area contributed by atoms with Crippen molar-refractivity contribution in [2.75, 3.05) is 82.9 Å². The van der Waals surface area contributed by atoms with Crippen molar-refractivity contribution in [1.29, 1.82) is 0 Å². The average Bonchev–Trinajstić information content (AvgIpc) is 0.801. The zero-order valence-electron chi connectivity index (χ0n) is 75.4. The summed E-state index contributed by atoms with van der Waals surface area (Å²) in [6.07, 6.45) is -1.67. The van der Waals surface area contributed by atoms with E-state index in [1.807, 2.05) is 26.8 Å². The number of nitro groups is 1. The molecule has 5 saturated heterocycles. The van der Waals surface area contributed by atoms with E-state index in [9.17, 15) is 78.4 Å². The van der Waals surface area contributed by atoms with Crippen molar-refractivity contribution in [3.8, 4) is 51.0 Å². The number of anilines is 2. The molecular weight excluding hydrogens is 1820 g/mol. The number of rotatable bonds is 26. The van der Waals surface area contributed by atoms with E-state index in [2.05, 4.69) is 36.2 Å². The summed E-state index contributed by atoms with van der Waals surface area (Å²) in [5, 5.41) is 31.3. The Morgan fingerprint density at radius 1 is 0.453 bits per heavy atom. The lowest BCUT2D eigenvalue weighted by Gasteiger charge is -2.24. The number of thioether (sulfide) groups is 1. The molecule has 15 rings (SSSR count). The summed E-state index contributed by atoms with van der Waals surface area (Å²) in [6.45, 7) is 11.6. The van der Waals surface area contributed by atoms with E-state index in [0.717, 1.165) is 93.7 Å². The number of aliphatic hydroxyl groups is 1. The Balaban J connectivity index is 0.000000188. The second-order valence-electron chi connectivity index (χ2n) is 33.2. The van der Waals surface area contributed by atoms with E-state index in [1.54, 1.807) is 78.5 Å². The quantitative estimate of drug-likeness (QED) is 0.00732. The highest BCUT2D eigenvalue weighted by Gasteiger charge is 2.34. The summed E-state index contributed by atoms with van der Waals surface area (Å²) < 4.78 is 167. The molecule has 137 heavy (non-hydrogen) atoms. The monoisotopic (exact) mass is 1920 g/mol. The maximum absolute atomic E-state index is 13.6. The molecule has 728 valence electrons. The Hall–Kier alpha value is -12.9. The SMILES string of the molecule is CC(C)(C)OC(=O)CCSCc1cccc(C(=O)Nc2ccc(OC3CCOCC3)cc2-c2cc(C(=O)NCc3cccc(C(F)(F)F)c3)ccn2)c1.Nc1ccc(OC2CCOCC2)cc1-c1cc(C(=O)NCc2cccc(C(F)(F)F)c2)ccn1.O=C(NCc1cccc(C(F)(F)F)c1)c1ccnc(-c2cc(OC3CCOCC3)ccc2[N+](=O)[O-])c1.O=C1CCOCC1.OC1CCOCC1. The number of halogens is 9. The number of hydrogen-bond acceptors (Lipinski definition) is 23. The van der Waals surface area contributed by atoms with Gasteiger partial charge in [0.15, 0.2) is 0 Å². The molecule has 37 heteroatoms. The first kappa shape index (κ1) is 105. The van der Waals surface area contributed by atoms with Gasteiger partial charge in [0.2, 0.25) is 0 Å². The summed E-state index contributed by atoms with van der Waals surface area (Å²) >= 11 is 1.57. The van der Waals surface area contributed by atoms with Gasteiger partial charge in [0.05, 0.1) is 115 Å². The lowest BCUT2D eigenvalue weighted by atomic mass is 10.0. The van der Waals surface area contributed by atoms with E-state index < -0.39 is 63.5 Å². The van der Waals surface area contributed by atoms with E-state index in [1.165, 1.54) is 97.5 Å². The molecule has 0 atom stereocenters. The summed E-state index contributed by atoms with van der Waals surface area (Å²) in [5.41, 5.74) is 9.27. The molecule has 27 nitrogen and oxygen atoms in total. The zero-order chi connectivity index (χ0) is 98.1. The van der Waals surface area contributed by atoms with Crippen molar-refractivity contribution in [2.45, 2.75) is 165 Å². The molecule has 5 aliphatic rings. The number of carbonyl (C=O) groups is 6.